The number of carbonyl (C=O) groups excluding carboxylic acids is 1. The summed E-state index contributed by atoms with van der Waals surface area (Å²) in [6, 6.07) is 0. The number of hydrogen-bond acceptors (Lipinski definition) is 2. The maximum atomic E-state index is 11.6. The molecule has 0 spiro atoms. The minimum absolute atomic E-state index is 0.129. The lowest BCUT2D eigenvalue weighted by molar-refractivity contribution is -0.143. The molecule has 0 saturated heterocycles. The first-order valence-electron chi connectivity index (χ1n) is 7.26. The van der Waals surface area contributed by atoms with E-state index in [9.17, 15) is 4.79 Å². The number of esters is 1. The molecular weight excluding hydrogens is 238 g/mol. The summed E-state index contributed by atoms with van der Waals surface area (Å²) < 4.78 is 4.82. The maximum Gasteiger partial charge on any atom is 0.312 e. The van der Waals surface area contributed by atoms with Crippen LogP contribution < -0.4 is 10.6 Å². The van der Waals surface area contributed by atoms with Gasteiger partial charge in [0.2, 0.25) is 0 Å². The molecule has 1 heterocycles. The van der Waals surface area contributed by atoms with Crippen molar-refractivity contribution < 1.29 is 9.53 Å². The van der Waals surface area contributed by atoms with Gasteiger partial charge in [0, 0.05) is 11.5 Å². The molecule has 1 saturated carbocycles. The number of nitrogens with one attached hydrogen (secondary N) is 1. The summed E-state index contributed by atoms with van der Waals surface area (Å²) in [6.07, 6.45) is 13.8. The van der Waals surface area contributed by atoms with Gasteiger partial charge >= 0.3 is 5.97 Å². The molecule has 0 aromatic carbocycles. The van der Waals surface area contributed by atoms with Crippen LogP contribution >= 0.6 is 0 Å². The van der Waals surface area contributed by atoms with E-state index in [4.69, 9.17) is 4.74 Å². The zero-order valence-electron chi connectivity index (χ0n) is 11.4. The summed E-state index contributed by atoms with van der Waals surface area (Å²) in [4.78, 5) is 14.9. The number of aromatic amines is 1. The van der Waals surface area contributed by atoms with Crippen molar-refractivity contribution in [1.29, 1.82) is 0 Å². The Kier molecular flexibility index (Phi) is 3.45. The molecular formula is C16H21NO2. The summed E-state index contributed by atoms with van der Waals surface area (Å²) in [6.45, 7) is 0. The van der Waals surface area contributed by atoms with Crippen molar-refractivity contribution in [2.24, 2.45) is 5.92 Å². The SMILES string of the molecule is COC(=O)C1C=c2[nH]cc(C3CCCCC3)c2=CC1. The van der Waals surface area contributed by atoms with Crippen LogP contribution in [0, 0.1) is 5.92 Å². The Morgan fingerprint density at radius 3 is 2.84 bits per heavy atom. The second-order valence-corrected chi connectivity index (χ2v) is 5.64. The summed E-state index contributed by atoms with van der Waals surface area (Å²) >= 11 is 0. The van der Waals surface area contributed by atoms with E-state index in [-0.39, 0.29) is 11.9 Å². The third kappa shape index (κ3) is 2.34. The summed E-state index contributed by atoms with van der Waals surface area (Å²) in [5.74, 6) is 0.430. The molecule has 2 aliphatic carbocycles. The van der Waals surface area contributed by atoms with E-state index in [0.717, 1.165) is 11.8 Å². The minimum atomic E-state index is -0.143. The lowest BCUT2D eigenvalue weighted by Crippen LogP contribution is -2.33. The fraction of sp³-hybridized carbons (Fsp3) is 0.562. The van der Waals surface area contributed by atoms with Crippen molar-refractivity contribution in [2.45, 2.75) is 44.4 Å². The van der Waals surface area contributed by atoms with Gasteiger partial charge in [-0.15, -0.1) is 0 Å². The van der Waals surface area contributed by atoms with Crippen LogP contribution in [-0.4, -0.2) is 18.1 Å². The second-order valence-electron chi connectivity index (χ2n) is 5.64. The maximum absolute atomic E-state index is 11.6. The predicted octanol–water partition coefficient (Wildman–Crippen LogP) is 1.82. The molecule has 1 atom stereocenters. The average molecular weight is 259 g/mol. The lowest BCUT2D eigenvalue weighted by atomic mass is 9.84. The Labute approximate surface area is 113 Å². The smallest absolute Gasteiger partial charge is 0.312 e. The van der Waals surface area contributed by atoms with Crippen LogP contribution in [0.3, 0.4) is 0 Å². The predicted molar refractivity (Wildman–Crippen MR) is 74.9 cm³/mol. The first kappa shape index (κ1) is 12.5. The van der Waals surface area contributed by atoms with Crippen LogP contribution in [0.5, 0.6) is 0 Å². The van der Waals surface area contributed by atoms with E-state index in [1.807, 2.05) is 6.08 Å². The first-order chi connectivity index (χ1) is 9.29. The van der Waals surface area contributed by atoms with Gasteiger partial charge in [0.05, 0.1) is 13.0 Å². The van der Waals surface area contributed by atoms with Crippen LogP contribution in [0.25, 0.3) is 12.2 Å². The Morgan fingerprint density at radius 2 is 2.11 bits per heavy atom. The highest BCUT2D eigenvalue weighted by molar-refractivity contribution is 5.80. The molecule has 1 aromatic heterocycles. The fourth-order valence-electron chi connectivity index (χ4n) is 3.41. The zero-order chi connectivity index (χ0) is 13.2. The van der Waals surface area contributed by atoms with Gasteiger partial charge in [-0.25, -0.2) is 0 Å². The standard InChI is InChI=1S/C16H21NO2/c1-19-16(18)12-7-8-13-14(10-17-15(13)9-12)11-5-3-2-4-6-11/h8-12,17H,2-7H2,1H3. The van der Waals surface area contributed by atoms with Gasteiger partial charge < -0.3 is 9.72 Å². The Hall–Kier alpha value is -1.51. The van der Waals surface area contributed by atoms with Gasteiger partial charge in [0.1, 0.15) is 0 Å². The lowest BCUT2D eigenvalue weighted by Gasteiger charge is -2.21. The second kappa shape index (κ2) is 5.24. The van der Waals surface area contributed by atoms with Crippen LogP contribution in [-0.2, 0) is 9.53 Å². The number of carbonyl (C=O) groups is 1. The summed E-state index contributed by atoms with van der Waals surface area (Å²) in [7, 11) is 1.45. The number of hydrogen-bond donors (Lipinski definition) is 1. The highest BCUT2D eigenvalue weighted by Gasteiger charge is 2.22. The topological polar surface area (TPSA) is 42.1 Å². The van der Waals surface area contributed by atoms with E-state index in [0.29, 0.717) is 5.92 Å². The van der Waals surface area contributed by atoms with Crippen LogP contribution in [0.1, 0.15) is 50.0 Å². The normalized spacial score (nSPS) is 23.1. The van der Waals surface area contributed by atoms with E-state index in [2.05, 4.69) is 17.3 Å². The van der Waals surface area contributed by atoms with E-state index in [1.54, 1.807) is 0 Å². The molecule has 1 fully saturated rings. The average Bonchev–Trinajstić information content (AvgIpc) is 2.90. The van der Waals surface area contributed by atoms with E-state index >= 15 is 0 Å². The largest absolute Gasteiger partial charge is 0.469 e. The van der Waals surface area contributed by atoms with Crippen LogP contribution in [0.2, 0.25) is 0 Å². The van der Waals surface area contributed by atoms with Crippen molar-refractivity contribution in [3.63, 3.8) is 0 Å². The first-order valence-corrected chi connectivity index (χ1v) is 7.26. The number of fused-ring (bicyclic) bond motifs is 1. The van der Waals surface area contributed by atoms with Crippen molar-refractivity contribution >= 4 is 18.1 Å². The zero-order valence-corrected chi connectivity index (χ0v) is 11.4. The van der Waals surface area contributed by atoms with Crippen LogP contribution in [0.15, 0.2) is 6.20 Å². The Morgan fingerprint density at radius 1 is 1.32 bits per heavy atom. The highest BCUT2D eigenvalue weighted by atomic mass is 16.5. The Balaban J connectivity index is 1.92. The molecule has 0 amide bonds. The molecule has 1 unspecified atom stereocenters. The molecule has 0 aliphatic heterocycles. The minimum Gasteiger partial charge on any atom is -0.469 e. The number of H-pyrrole nitrogens is 1. The Bertz CT molecular complexity index is 578. The summed E-state index contributed by atoms with van der Waals surface area (Å²) in [5, 5.41) is 2.43. The highest BCUT2D eigenvalue weighted by Crippen LogP contribution is 2.30. The quantitative estimate of drug-likeness (QED) is 0.823. The number of rotatable bonds is 2. The van der Waals surface area contributed by atoms with Crippen LogP contribution in [0.4, 0.5) is 0 Å². The van der Waals surface area contributed by atoms with Gasteiger partial charge in [-0.05, 0) is 42.0 Å². The van der Waals surface area contributed by atoms with Gasteiger partial charge in [-0.1, -0.05) is 25.3 Å². The molecule has 3 heteroatoms. The van der Waals surface area contributed by atoms with Gasteiger partial charge in [-0.2, -0.15) is 0 Å². The third-order valence-corrected chi connectivity index (χ3v) is 4.48. The van der Waals surface area contributed by atoms with E-state index < -0.39 is 0 Å². The molecule has 2 aliphatic rings. The van der Waals surface area contributed by atoms with Gasteiger partial charge in [0.15, 0.2) is 0 Å². The fourth-order valence-corrected chi connectivity index (χ4v) is 3.41. The van der Waals surface area contributed by atoms with E-state index in [1.165, 1.54) is 50.0 Å². The molecule has 102 valence electrons. The number of aromatic nitrogens is 1. The van der Waals surface area contributed by atoms with Crippen molar-refractivity contribution in [3.8, 4) is 0 Å². The molecule has 3 nitrogen and oxygen atoms in total. The molecule has 3 rings (SSSR count). The van der Waals surface area contributed by atoms with Gasteiger partial charge in [0.25, 0.3) is 0 Å². The third-order valence-electron chi connectivity index (χ3n) is 4.48. The van der Waals surface area contributed by atoms with Crippen molar-refractivity contribution in [2.75, 3.05) is 7.11 Å². The number of ether oxygens (including phenoxy) is 1. The monoisotopic (exact) mass is 259 g/mol. The number of methoxy groups -OCH3 is 1. The van der Waals surface area contributed by atoms with Crippen molar-refractivity contribution in [3.05, 3.63) is 22.3 Å². The molecule has 1 N–H and O–H groups in total. The molecule has 0 bridgehead atoms. The molecule has 0 radical (unpaired) electrons. The molecule has 19 heavy (non-hydrogen) atoms. The van der Waals surface area contributed by atoms with Gasteiger partial charge in [-0.3, -0.25) is 4.79 Å². The summed E-state index contributed by atoms with van der Waals surface area (Å²) in [5.41, 5.74) is 1.45. The molecule has 1 aromatic rings. The van der Waals surface area contributed by atoms with Crippen molar-refractivity contribution in [1.82, 2.24) is 4.98 Å².